The first kappa shape index (κ1) is 20.0. The number of rotatable bonds is 8. The number of hydrogen-bond acceptors (Lipinski definition) is 5. The third-order valence-corrected chi connectivity index (χ3v) is 5.18. The number of carboxylic acids is 2. The Balaban J connectivity index is 2.15. The van der Waals surface area contributed by atoms with Crippen molar-refractivity contribution in [3.8, 4) is 16.9 Å². The maximum atomic E-state index is 11.8. The lowest BCUT2D eigenvalue weighted by Gasteiger charge is -2.17. The molecule has 1 aliphatic carbocycles. The molecule has 1 atom stereocenters. The zero-order valence-corrected chi connectivity index (χ0v) is 16.0. The normalized spacial score (nSPS) is 14.5. The molecule has 0 aliphatic heterocycles. The molecule has 0 saturated heterocycles. The fraction of sp³-hybridized carbons (Fsp3) is 0.300. The Morgan fingerprint density at radius 2 is 1.79 bits per heavy atom. The van der Waals surface area contributed by atoms with E-state index in [0.29, 0.717) is 40.5 Å². The zero-order valence-electron chi connectivity index (χ0n) is 15.1. The summed E-state index contributed by atoms with van der Waals surface area (Å²) >= 11 is -2.30. The van der Waals surface area contributed by atoms with Crippen LogP contribution in [0.1, 0.15) is 44.7 Å². The van der Waals surface area contributed by atoms with Crippen LogP contribution >= 0.6 is 0 Å². The van der Waals surface area contributed by atoms with Crippen LogP contribution in [0.15, 0.2) is 30.3 Å². The fourth-order valence-electron chi connectivity index (χ4n) is 2.97. The minimum absolute atomic E-state index is 0.0987. The Labute approximate surface area is 164 Å². The molecule has 0 spiro atoms. The number of aromatic carboxylic acids is 2. The molecule has 1 fully saturated rings. The number of hydrogen-bond donors (Lipinski definition) is 2. The molecule has 0 aromatic heterocycles. The van der Waals surface area contributed by atoms with Crippen molar-refractivity contribution in [1.82, 2.24) is 0 Å². The SMILES string of the molecule is Cc1cc(-c2cc(CS(=O)[O-])ccc2OCC2CC2)c(C(=O)O)cc1C(=O)O. The third kappa shape index (κ3) is 4.58. The zero-order chi connectivity index (χ0) is 20.4. The molecule has 0 amide bonds. The van der Waals surface area contributed by atoms with E-state index in [1.54, 1.807) is 25.1 Å². The van der Waals surface area contributed by atoms with Gasteiger partial charge in [0.1, 0.15) is 5.75 Å². The van der Waals surface area contributed by atoms with Crippen molar-refractivity contribution in [1.29, 1.82) is 0 Å². The molecular weight excluding hydrogens is 384 g/mol. The predicted molar refractivity (Wildman–Crippen MR) is 101 cm³/mol. The van der Waals surface area contributed by atoms with Crippen LogP contribution in [0, 0.1) is 12.8 Å². The maximum Gasteiger partial charge on any atom is 0.336 e. The van der Waals surface area contributed by atoms with E-state index in [9.17, 15) is 28.6 Å². The molecule has 3 rings (SSSR count). The van der Waals surface area contributed by atoms with Crippen molar-refractivity contribution in [3.05, 3.63) is 52.6 Å². The molecular formula is C20H19O7S-. The van der Waals surface area contributed by atoms with Gasteiger partial charge in [0.2, 0.25) is 0 Å². The first-order valence-corrected chi connectivity index (χ1v) is 9.94. The lowest BCUT2D eigenvalue weighted by molar-refractivity contribution is 0.0695. The minimum Gasteiger partial charge on any atom is -0.772 e. The summed E-state index contributed by atoms with van der Waals surface area (Å²) < 4.78 is 28.0. The highest BCUT2D eigenvalue weighted by molar-refractivity contribution is 7.78. The van der Waals surface area contributed by atoms with Crippen molar-refractivity contribution >= 4 is 23.0 Å². The summed E-state index contributed by atoms with van der Waals surface area (Å²) in [5, 5.41) is 18.9. The van der Waals surface area contributed by atoms with Gasteiger partial charge in [-0.3, -0.25) is 4.21 Å². The summed E-state index contributed by atoms with van der Waals surface area (Å²) in [5.41, 5.74) is 1.33. The van der Waals surface area contributed by atoms with Crippen LogP contribution in [-0.2, 0) is 16.8 Å². The second kappa shape index (κ2) is 8.12. The molecule has 0 radical (unpaired) electrons. The van der Waals surface area contributed by atoms with Gasteiger partial charge in [-0.15, -0.1) is 0 Å². The van der Waals surface area contributed by atoms with Gasteiger partial charge in [0.05, 0.1) is 17.7 Å². The molecule has 2 aromatic rings. The quantitative estimate of drug-likeness (QED) is 0.648. The molecule has 2 N–H and O–H groups in total. The Kier molecular flexibility index (Phi) is 5.81. The Morgan fingerprint density at radius 1 is 1.11 bits per heavy atom. The van der Waals surface area contributed by atoms with Crippen molar-refractivity contribution in [2.45, 2.75) is 25.5 Å². The molecule has 0 bridgehead atoms. The molecule has 1 unspecified atom stereocenters. The molecule has 0 heterocycles. The summed E-state index contributed by atoms with van der Waals surface area (Å²) in [5.74, 6) is -1.80. The molecule has 1 saturated carbocycles. The second-order valence-electron chi connectivity index (χ2n) is 6.86. The second-order valence-corrected chi connectivity index (χ2v) is 7.75. The Bertz CT molecular complexity index is 963. The molecule has 8 heteroatoms. The van der Waals surface area contributed by atoms with Crippen LogP contribution in [0.3, 0.4) is 0 Å². The van der Waals surface area contributed by atoms with E-state index in [2.05, 4.69) is 0 Å². The first-order chi connectivity index (χ1) is 13.3. The van der Waals surface area contributed by atoms with E-state index < -0.39 is 23.0 Å². The highest BCUT2D eigenvalue weighted by Crippen LogP contribution is 2.37. The van der Waals surface area contributed by atoms with Crippen LogP contribution in [0.5, 0.6) is 5.75 Å². The number of aryl methyl sites for hydroxylation is 1. The molecule has 148 valence electrons. The van der Waals surface area contributed by atoms with E-state index in [4.69, 9.17) is 4.74 Å². The van der Waals surface area contributed by atoms with Crippen LogP contribution in [0.25, 0.3) is 11.1 Å². The summed E-state index contributed by atoms with van der Waals surface area (Å²) in [6.45, 7) is 2.08. The fourth-order valence-corrected chi connectivity index (χ4v) is 3.42. The lowest BCUT2D eigenvalue weighted by atomic mass is 9.93. The lowest BCUT2D eigenvalue weighted by Crippen LogP contribution is -2.08. The average molecular weight is 403 g/mol. The van der Waals surface area contributed by atoms with Gasteiger partial charge in [-0.2, -0.15) is 0 Å². The Morgan fingerprint density at radius 3 is 2.36 bits per heavy atom. The van der Waals surface area contributed by atoms with E-state index in [-0.39, 0.29) is 16.9 Å². The third-order valence-electron chi connectivity index (χ3n) is 4.62. The average Bonchev–Trinajstić information content (AvgIpc) is 3.43. The number of carboxylic acid groups (broad SMARTS) is 2. The van der Waals surface area contributed by atoms with Crippen LogP contribution < -0.4 is 4.74 Å². The van der Waals surface area contributed by atoms with Gasteiger partial charge in [0.15, 0.2) is 0 Å². The summed E-state index contributed by atoms with van der Waals surface area (Å²) in [6.07, 6.45) is 2.16. The van der Waals surface area contributed by atoms with Crippen LogP contribution in [0.2, 0.25) is 0 Å². The molecule has 28 heavy (non-hydrogen) atoms. The summed E-state index contributed by atoms with van der Waals surface area (Å²) in [7, 11) is 0. The monoisotopic (exact) mass is 403 g/mol. The number of ether oxygens (including phenoxy) is 1. The van der Waals surface area contributed by atoms with Crippen molar-refractivity contribution in [2.24, 2.45) is 5.92 Å². The van der Waals surface area contributed by atoms with Gasteiger partial charge in [-0.05, 0) is 61.1 Å². The van der Waals surface area contributed by atoms with Crippen molar-refractivity contribution in [3.63, 3.8) is 0 Å². The van der Waals surface area contributed by atoms with E-state index in [0.717, 1.165) is 18.9 Å². The molecule has 2 aromatic carbocycles. The standard InChI is InChI=1S/C20H20O7S/c1-11-6-15(17(20(23)24)8-14(11)19(21)22)16-7-13(10-28(25)26)4-5-18(16)27-9-12-2-3-12/h4-8,12H,2-3,9-10H2,1H3,(H,21,22)(H,23,24)(H,25,26)/p-1. The van der Waals surface area contributed by atoms with E-state index >= 15 is 0 Å². The van der Waals surface area contributed by atoms with E-state index in [1.807, 2.05) is 0 Å². The van der Waals surface area contributed by atoms with Gasteiger partial charge >= 0.3 is 11.9 Å². The van der Waals surface area contributed by atoms with Gasteiger partial charge in [0.25, 0.3) is 0 Å². The smallest absolute Gasteiger partial charge is 0.336 e. The number of benzene rings is 2. The van der Waals surface area contributed by atoms with E-state index in [1.165, 1.54) is 6.07 Å². The topological polar surface area (TPSA) is 124 Å². The minimum atomic E-state index is -2.30. The van der Waals surface area contributed by atoms with Crippen LogP contribution in [0.4, 0.5) is 0 Å². The first-order valence-electron chi connectivity index (χ1n) is 8.69. The molecule has 1 aliphatic rings. The summed E-state index contributed by atoms with van der Waals surface area (Å²) in [6, 6.07) is 7.45. The van der Waals surface area contributed by atoms with Crippen molar-refractivity contribution in [2.75, 3.05) is 6.61 Å². The maximum absolute atomic E-state index is 11.8. The summed E-state index contributed by atoms with van der Waals surface area (Å²) in [4.78, 5) is 23.2. The largest absolute Gasteiger partial charge is 0.772 e. The van der Waals surface area contributed by atoms with Gasteiger partial charge in [0, 0.05) is 16.9 Å². The highest BCUT2D eigenvalue weighted by Gasteiger charge is 2.24. The van der Waals surface area contributed by atoms with Gasteiger partial charge < -0.3 is 19.5 Å². The number of carbonyl (C=O) groups is 2. The molecule has 7 nitrogen and oxygen atoms in total. The van der Waals surface area contributed by atoms with Crippen molar-refractivity contribution < 1.29 is 33.3 Å². The van der Waals surface area contributed by atoms with Crippen LogP contribution in [-0.4, -0.2) is 37.5 Å². The highest BCUT2D eigenvalue weighted by atomic mass is 32.2. The Hall–Kier alpha value is -2.71. The van der Waals surface area contributed by atoms with Gasteiger partial charge in [-0.1, -0.05) is 17.1 Å². The van der Waals surface area contributed by atoms with Gasteiger partial charge in [-0.25, -0.2) is 9.59 Å². The predicted octanol–water partition coefficient (Wildman–Crippen LogP) is 3.23.